The van der Waals surface area contributed by atoms with Crippen LogP contribution in [0.25, 0.3) is 0 Å². The summed E-state index contributed by atoms with van der Waals surface area (Å²) in [5.41, 5.74) is 0. The van der Waals surface area contributed by atoms with Crippen molar-refractivity contribution in [1.29, 1.82) is 0 Å². The zero-order valence-corrected chi connectivity index (χ0v) is 9.79. The van der Waals surface area contributed by atoms with Gasteiger partial charge >= 0.3 is 6.36 Å². The lowest BCUT2D eigenvalue weighted by Gasteiger charge is -2.11. The van der Waals surface area contributed by atoms with Crippen LogP contribution in [0.4, 0.5) is 13.2 Å². The fourth-order valence-corrected chi connectivity index (χ4v) is 2.17. The third-order valence-electron chi connectivity index (χ3n) is 1.42. The molecule has 0 fully saturated rings. The van der Waals surface area contributed by atoms with Crippen molar-refractivity contribution >= 4 is 32.4 Å². The Morgan fingerprint density at radius 3 is 2.31 bits per heavy atom. The summed E-state index contributed by atoms with van der Waals surface area (Å²) in [6.45, 7) is 0. The Morgan fingerprint density at radius 2 is 1.88 bits per heavy atom. The number of halogens is 4. The molecule has 90 valence electrons. The summed E-state index contributed by atoms with van der Waals surface area (Å²) in [4.78, 5) is -0.632. The lowest BCUT2D eigenvalue weighted by molar-refractivity contribution is -0.275. The molecule has 0 aliphatic heterocycles. The van der Waals surface area contributed by atoms with Gasteiger partial charge in [0.25, 0.3) is 9.05 Å². The summed E-state index contributed by atoms with van der Waals surface area (Å²) >= 11 is 3.78. The van der Waals surface area contributed by atoms with E-state index in [4.69, 9.17) is 10.7 Å². The molecule has 0 amide bonds. The number of thiol groups is 1. The van der Waals surface area contributed by atoms with Crippen molar-refractivity contribution in [3.8, 4) is 5.75 Å². The second-order valence-corrected chi connectivity index (χ2v) is 5.67. The maximum Gasteiger partial charge on any atom is 0.573 e. The lowest BCUT2D eigenvalue weighted by Crippen LogP contribution is -2.18. The molecule has 0 saturated heterocycles. The van der Waals surface area contributed by atoms with Gasteiger partial charge in [0.2, 0.25) is 0 Å². The van der Waals surface area contributed by atoms with Crippen LogP contribution in [0.5, 0.6) is 5.75 Å². The maximum atomic E-state index is 11.9. The van der Waals surface area contributed by atoms with Crippen molar-refractivity contribution < 1.29 is 26.3 Å². The highest BCUT2D eigenvalue weighted by atomic mass is 35.7. The number of hydrogen-bond acceptors (Lipinski definition) is 4. The Labute approximate surface area is 99.0 Å². The van der Waals surface area contributed by atoms with E-state index < -0.39 is 26.1 Å². The number of ether oxygens (including phenoxy) is 1. The maximum absolute atomic E-state index is 11.9. The minimum Gasteiger partial charge on any atom is -0.404 e. The highest BCUT2D eigenvalue weighted by Crippen LogP contribution is 2.32. The van der Waals surface area contributed by atoms with E-state index in [1.54, 1.807) is 0 Å². The fourth-order valence-electron chi connectivity index (χ4n) is 0.896. The first-order valence-corrected chi connectivity index (χ1v) is 6.39. The normalized spacial score (nSPS) is 12.6. The van der Waals surface area contributed by atoms with Gasteiger partial charge in [0.05, 0.1) is 0 Å². The summed E-state index contributed by atoms with van der Waals surface area (Å²) in [6, 6.07) is 2.84. The minimum atomic E-state index is -4.99. The van der Waals surface area contributed by atoms with Crippen LogP contribution in [-0.4, -0.2) is 14.8 Å². The second kappa shape index (κ2) is 4.34. The molecule has 0 heterocycles. The number of alkyl halides is 3. The van der Waals surface area contributed by atoms with E-state index in [0.29, 0.717) is 0 Å². The third kappa shape index (κ3) is 3.76. The van der Waals surface area contributed by atoms with Gasteiger partial charge in [-0.3, -0.25) is 0 Å². The molecule has 0 atom stereocenters. The largest absolute Gasteiger partial charge is 0.573 e. The first-order chi connectivity index (χ1) is 7.09. The van der Waals surface area contributed by atoms with Crippen molar-refractivity contribution in [2.75, 3.05) is 0 Å². The molecule has 9 heteroatoms. The molecule has 1 aromatic rings. The Kier molecular flexibility index (Phi) is 3.65. The van der Waals surface area contributed by atoms with Crippen LogP contribution in [0, 0.1) is 0 Å². The second-order valence-electron chi connectivity index (χ2n) is 2.62. The van der Waals surface area contributed by atoms with Crippen LogP contribution in [-0.2, 0) is 9.05 Å². The zero-order valence-electron chi connectivity index (χ0n) is 7.32. The monoisotopic (exact) mass is 292 g/mol. The molecular formula is C7H4ClF3O3S2. The van der Waals surface area contributed by atoms with E-state index in [2.05, 4.69) is 17.4 Å². The fraction of sp³-hybridized carbons (Fsp3) is 0.143. The lowest BCUT2D eigenvalue weighted by atomic mass is 10.3. The highest BCUT2D eigenvalue weighted by Gasteiger charge is 2.33. The van der Waals surface area contributed by atoms with Crippen molar-refractivity contribution in [2.24, 2.45) is 0 Å². The molecule has 0 saturated carbocycles. The molecule has 16 heavy (non-hydrogen) atoms. The van der Waals surface area contributed by atoms with Gasteiger partial charge in [-0.05, 0) is 18.2 Å². The summed E-state index contributed by atoms with van der Waals surface area (Å²) in [6.07, 6.45) is -4.99. The van der Waals surface area contributed by atoms with E-state index in [1.807, 2.05) is 0 Å². The molecule has 0 aliphatic rings. The minimum absolute atomic E-state index is 0.147. The molecule has 1 rings (SSSR count). The van der Waals surface area contributed by atoms with Crippen LogP contribution in [0.2, 0.25) is 0 Å². The molecule has 0 radical (unpaired) electrons. The van der Waals surface area contributed by atoms with Crippen molar-refractivity contribution in [2.45, 2.75) is 16.2 Å². The molecule has 3 nitrogen and oxygen atoms in total. The Bertz CT molecular complexity index is 498. The Hall–Kier alpha value is -0.600. The van der Waals surface area contributed by atoms with Gasteiger partial charge in [-0.2, -0.15) is 0 Å². The molecule has 0 unspecified atom stereocenters. The van der Waals surface area contributed by atoms with E-state index in [0.717, 1.165) is 18.2 Å². The first kappa shape index (κ1) is 13.5. The van der Waals surface area contributed by atoms with Crippen LogP contribution in [0.1, 0.15) is 0 Å². The van der Waals surface area contributed by atoms with Gasteiger partial charge in [0, 0.05) is 15.6 Å². The number of hydrogen-bond donors (Lipinski definition) is 1. The van der Waals surface area contributed by atoms with Gasteiger partial charge in [-0.15, -0.1) is 25.8 Å². The molecule has 0 N–H and O–H groups in total. The average molecular weight is 293 g/mol. The van der Waals surface area contributed by atoms with Crippen molar-refractivity contribution in [1.82, 2.24) is 0 Å². The molecular weight excluding hydrogens is 289 g/mol. The quantitative estimate of drug-likeness (QED) is 0.673. The molecule has 0 spiro atoms. The van der Waals surface area contributed by atoms with Gasteiger partial charge in [0.1, 0.15) is 10.6 Å². The van der Waals surface area contributed by atoms with E-state index >= 15 is 0 Å². The smallest absolute Gasteiger partial charge is 0.404 e. The van der Waals surface area contributed by atoms with Crippen LogP contribution >= 0.6 is 23.3 Å². The predicted octanol–water partition coefficient (Wildman–Crippen LogP) is 2.80. The van der Waals surface area contributed by atoms with Gasteiger partial charge in [0.15, 0.2) is 0 Å². The number of benzene rings is 1. The topological polar surface area (TPSA) is 43.4 Å². The Morgan fingerprint density at radius 1 is 1.31 bits per heavy atom. The summed E-state index contributed by atoms with van der Waals surface area (Å²) in [5.74, 6) is -0.889. The van der Waals surface area contributed by atoms with E-state index in [-0.39, 0.29) is 4.90 Å². The van der Waals surface area contributed by atoms with Crippen LogP contribution in [0.3, 0.4) is 0 Å². The van der Waals surface area contributed by atoms with Gasteiger partial charge < -0.3 is 4.74 Å². The van der Waals surface area contributed by atoms with Crippen molar-refractivity contribution in [3.05, 3.63) is 18.2 Å². The van der Waals surface area contributed by atoms with Gasteiger partial charge in [-0.1, -0.05) is 0 Å². The van der Waals surface area contributed by atoms with E-state index in [1.165, 1.54) is 0 Å². The predicted molar refractivity (Wildman–Crippen MR) is 53.4 cm³/mol. The zero-order chi connectivity index (χ0) is 12.6. The van der Waals surface area contributed by atoms with Gasteiger partial charge in [-0.25, -0.2) is 8.42 Å². The summed E-state index contributed by atoms with van der Waals surface area (Å²) in [5, 5.41) is 0. The van der Waals surface area contributed by atoms with E-state index in [9.17, 15) is 21.6 Å². The highest BCUT2D eigenvalue weighted by molar-refractivity contribution is 8.13. The third-order valence-corrected chi connectivity index (χ3v) is 3.04. The SMILES string of the molecule is O=S(=O)(Cl)c1cc(S)ccc1OC(F)(F)F. The Balaban J connectivity index is 3.30. The molecule has 0 bridgehead atoms. The van der Waals surface area contributed by atoms with Crippen molar-refractivity contribution in [3.63, 3.8) is 0 Å². The standard InChI is InChI=1S/C7H4ClF3O3S2/c8-16(12,13)6-3-4(15)1-2-5(6)14-7(9,10)11/h1-3,15H. The van der Waals surface area contributed by atoms with Crippen LogP contribution in [0.15, 0.2) is 28.0 Å². The summed E-state index contributed by atoms with van der Waals surface area (Å²) in [7, 11) is 0.625. The van der Waals surface area contributed by atoms with Crippen LogP contribution < -0.4 is 4.74 Å². The molecule has 0 aliphatic carbocycles. The first-order valence-electron chi connectivity index (χ1n) is 3.63. The summed E-state index contributed by atoms with van der Waals surface area (Å²) < 4.78 is 61.3. The molecule has 0 aromatic heterocycles. The number of rotatable bonds is 2. The average Bonchev–Trinajstić information content (AvgIpc) is 2.04. The molecule has 1 aromatic carbocycles.